The number of hydrogen-bond donors (Lipinski definition) is 0. The largest absolute Gasteiger partial charge is 0.192 e. The van der Waals surface area contributed by atoms with Crippen LogP contribution in [0.4, 0.5) is 0 Å². The van der Waals surface area contributed by atoms with Crippen LogP contribution in [0, 0.1) is 17.4 Å². The van der Waals surface area contributed by atoms with E-state index < -0.39 is 0 Å². The Balaban J connectivity index is 2.27. The van der Waals surface area contributed by atoms with E-state index in [1.807, 2.05) is 12.2 Å². The van der Waals surface area contributed by atoms with E-state index >= 15 is 0 Å². The molecule has 1 nitrogen and oxygen atoms in total. The lowest BCUT2D eigenvalue weighted by Gasteiger charge is -2.01. The fraction of sp³-hybridized carbons (Fsp3) is 0.182. The van der Waals surface area contributed by atoms with Gasteiger partial charge in [-0.05, 0) is 30.1 Å². The van der Waals surface area contributed by atoms with E-state index in [0.29, 0.717) is 0 Å². The van der Waals surface area contributed by atoms with Gasteiger partial charge < -0.3 is 0 Å². The summed E-state index contributed by atoms with van der Waals surface area (Å²) in [5.74, 6) is 0. The summed E-state index contributed by atoms with van der Waals surface area (Å²) >= 11 is 0. The minimum absolute atomic E-state index is 0.782. The van der Waals surface area contributed by atoms with Crippen LogP contribution in [0.1, 0.15) is 12.8 Å². The summed E-state index contributed by atoms with van der Waals surface area (Å²) < 4.78 is 0. The molecule has 0 N–H and O–H groups in total. The van der Waals surface area contributed by atoms with Crippen LogP contribution in [-0.2, 0) is 0 Å². The topological polar surface area (TPSA) is 23.8 Å². The molecule has 0 aliphatic heterocycles. The molecule has 0 unspecified atom stereocenters. The highest BCUT2D eigenvalue weighted by Gasteiger charge is 2.14. The highest BCUT2D eigenvalue weighted by molar-refractivity contribution is 5.57. The van der Waals surface area contributed by atoms with Gasteiger partial charge in [-0.25, -0.2) is 0 Å². The van der Waals surface area contributed by atoms with Crippen molar-refractivity contribution in [1.29, 1.82) is 5.26 Å². The van der Waals surface area contributed by atoms with Crippen molar-refractivity contribution in [3.05, 3.63) is 47.1 Å². The molecule has 0 saturated heterocycles. The predicted molar refractivity (Wildman–Crippen MR) is 46.9 cm³/mol. The van der Waals surface area contributed by atoms with E-state index in [-0.39, 0.29) is 0 Å². The van der Waals surface area contributed by atoms with Gasteiger partial charge in [0.25, 0.3) is 0 Å². The second-order valence-corrected chi connectivity index (χ2v) is 2.81. The van der Waals surface area contributed by atoms with Gasteiger partial charge in [-0.2, -0.15) is 5.26 Å². The Morgan fingerprint density at radius 2 is 2.42 bits per heavy atom. The molecule has 2 rings (SSSR count). The van der Waals surface area contributed by atoms with Crippen LogP contribution in [0.5, 0.6) is 0 Å². The van der Waals surface area contributed by atoms with Crippen molar-refractivity contribution in [2.45, 2.75) is 12.8 Å². The molecule has 2 aliphatic carbocycles. The molecule has 0 heterocycles. The molecular formula is C11H8N. The SMILES string of the molecule is N#CC1=CC[C]=C1C1=CC=CC1. The number of hydrogen-bond acceptors (Lipinski definition) is 1. The number of rotatable bonds is 1. The first-order chi connectivity index (χ1) is 5.92. The number of nitriles is 1. The zero-order valence-electron chi connectivity index (χ0n) is 6.67. The molecular weight excluding hydrogens is 146 g/mol. The van der Waals surface area contributed by atoms with Gasteiger partial charge in [0.1, 0.15) is 0 Å². The Morgan fingerprint density at radius 3 is 3.08 bits per heavy atom. The smallest absolute Gasteiger partial charge is 0.0994 e. The third-order valence-corrected chi connectivity index (χ3v) is 2.07. The molecule has 0 amide bonds. The van der Waals surface area contributed by atoms with Crippen LogP contribution in [0.2, 0.25) is 0 Å². The molecule has 0 fully saturated rings. The van der Waals surface area contributed by atoms with Gasteiger partial charge >= 0.3 is 0 Å². The van der Waals surface area contributed by atoms with E-state index in [4.69, 9.17) is 5.26 Å². The molecule has 2 aliphatic rings. The third-order valence-electron chi connectivity index (χ3n) is 2.07. The summed E-state index contributed by atoms with van der Waals surface area (Å²) in [6.07, 6.45) is 13.0. The lowest BCUT2D eigenvalue weighted by molar-refractivity contribution is 1.25. The van der Waals surface area contributed by atoms with Gasteiger partial charge in [-0.15, -0.1) is 0 Å². The van der Waals surface area contributed by atoms with Crippen LogP contribution < -0.4 is 0 Å². The average molecular weight is 154 g/mol. The molecule has 0 saturated carbocycles. The van der Waals surface area contributed by atoms with Crippen LogP contribution in [-0.4, -0.2) is 0 Å². The van der Waals surface area contributed by atoms with Crippen molar-refractivity contribution >= 4 is 0 Å². The van der Waals surface area contributed by atoms with E-state index in [9.17, 15) is 0 Å². The summed E-state index contributed by atoms with van der Waals surface area (Å²) in [6.45, 7) is 0. The quantitative estimate of drug-likeness (QED) is 0.569. The van der Waals surface area contributed by atoms with Gasteiger partial charge in [0.15, 0.2) is 0 Å². The first-order valence-electron chi connectivity index (χ1n) is 3.99. The van der Waals surface area contributed by atoms with Crippen LogP contribution in [0.15, 0.2) is 41.0 Å². The molecule has 1 radical (unpaired) electrons. The minimum atomic E-state index is 0.782. The highest BCUT2D eigenvalue weighted by Crippen LogP contribution is 2.29. The second-order valence-electron chi connectivity index (χ2n) is 2.81. The monoisotopic (exact) mass is 154 g/mol. The van der Waals surface area contributed by atoms with E-state index in [2.05, 4.69) is 24.3 Å². The Kier molecular flexibility index (Phi) is 1.68. The fourth-order valence-electron chi connectivity index (χ4n) is 1.47. The normalized spacial score (nSPS) is 20.1. The van der Waals surface area contributed by atoms with Crippen LogP contribution in [0.25, 0.3) is 0 Å². The lowest BCUT2D eigenvalue weighted by atomic mass is 10.0. The minimum Gasteiger partial charge on any atom is -0.192 e. The Morgan fingerprint density at radius 1 is 1.50 bits per heavy atom. The molecule has 0 aromatic carbocycles. The number of nitrogens with zero attached hydrogens (tertiary/aromatic N) is 1. The molecule has 12 heavy (non-hydrogen) atoms. The Hall–Kier alpha value is -1.55. The van der Waals surface area contributed by atoms with Crippen LogP contribution >= 0.6 is 0 Å². The summed E-state index contributed by atoms with van der Waals surface area (Å²) in [5.41, 5.74) is 3.02. The fourth-order valence-corrected chi connectivity index (χ4v) is 1.47. The zero-order chi connectivity index (χ0) is 8.39. The van der Waals surface area contributed by atoms with Gasteiger partial charge in [0.05, 0.1) is 11.6 Å². The van der Waals surface area contributed by atoms with Crippen molar-refractivity contribution in [2.75, 3.05) is 0 Å². The molecule has 57 valence electrons. The third kappa shape index (κ3) is 1.02. The summed E-state index contributed by atoms with van der Waals surface area (Å²) in [5, 5.41) is 8.77. The summed E-state index contributed by atoms with van der Waals surface area (Å²) in [6, 6.07) is 2.18. The van der Waals surface area contributed by atoms with Gasteiger partial charge in [0, 0.05) is 0 Å². The summed E-state index contributed by atoms with van der Waals surface area (Å²) in [7, 11) is 0. The standard InChI is InChI=1S/C11H8N/c12-8-10-6-3-7-11(10)9-4-1-2-5-9/h1-2,4,6H,3,5H2. The van der Waals surface area contributed by atoms with Crippen molar-refractivity contribution in [3.8, 4) is 6.07 Å². The molecule has 1 heteroatoms. The Labute approximate surface area is 72.0 Å². The van der Waals surface area contributed by atoms with Gasteiger partial charge in [0.2, 0.25) is 0 Å². The van der Waals surface area contributed by atoms with Crippen LogP contribution in [0.3, 0.4) is 0 Å². The first-order valence-corrected chi connectivity index (χ1v) is 3.99. The van der Waals surface area contributed by atoms with Gasteiger partial charge in [-0.1, -0.05) is 24.3 Å². The molecule has 0 spiro atoms. The van der Waals surface area contributed by atoms with Crippen molar-refractivity contribution in [3.63, 3.8) is 0 Å². The predicted octanol–water partition coefficient (Wildman–Crippen LogP) is 2.46. The molecule has 0 aromatic rings. The molecule has 0 aromatic heterocycles. The van der Waals surface area contributed by atoms with Gasteiger partial charge in [-0.3, -0.25) is 0 Å². The van der Waals surface area contributed by atoms with E-state index in [0.717, 1.165) is 24.0 Å². The second kappa shape index (κ2) is 2.83. The average Bonchev–Trinajstić information content (AvgIpc) is 2.74. The zero-order valence-corrected chi connectivity index (χ0v) is 6.67. The number of allylic oxidation sites excluding steroid dienone is 8. The molecule has 0 atom stereocenters. The lowest BCUT2D eigenvalue weighted by Crippen LogP contribution is -1.86. The molecule has 0 bridgehead atoms. The maximum Gasteiger partial charge on any atom is 0.0994 e. The van der Waals surface area contributed by atoms with Crippen molar-refractivity contribution in [1.82, 2.24) is 0 Å². The highest BCUT2D eigenvalue weighted by atomic mass is 14.3. The maximum atomic E-state index is 8.77. The van der Waals surface area contributed by atoms with E-state index in [1.54, 1.807) is 0 Å². The maximum absolute atomic E-state index is 8.77. The van der Waals surface area contributed by atoms with E-state index in [1.165, 1.54) is 5.57 Å². The summed E-state index contributed by atoms with van der Waals surface area (Å²) in [4.78, 5) is 0. The van der Waals surface area contributed by atoms with Crippen molar-refractivity contribution in [2.24, 2.45) is 0 Å². The Bertz CT molecular complexity index is 359. The first kappa shape index (κ1) is 7.12. The van der Waals surface area contributed by atoms with Crippen molar-refractivity contribution < 1.29 is 0 Å².